The van der Waals surface area contributed by atoms with Crippen LogP contribution in [0.2, 0.25) is 0 Å². The summed E-state index contributed by atoms with van der Waals surface area (Å²) in [5.74, 6) is 0.0829. The first-order valence-electron chi connectivity index (χ1n) is 7.89. The molecule has 0 N–H and O–H groups in total. The van der Waals surface area contributed by atoms with Crippen molar-refractivity contribution in [1.82, 2.24) is 0 Å². The van der Waals surface area contributed by atoms with Crippen molar-refractivity contribution < 1.29 is 9.53 Å². The second-order valence-electron chi connectivity index (χ2n) is 5.33. The zero-order valence-corrected chi connectivity index (χ0v) is 12.7. The quantitative estimate of drug-likeness (QED) is 0.358. The van der Waals surface area contributed by atoms with E-state index in [1.54, 1.807) is 0 Å². The Hall–Kier alpha value is -0.530. The number of hydrogen-bond acceptors (Lipinski definition) is 2. The summed E-state index contributed by atoms with van der Waals surface area (Å²) < 4.78 is 5.30. The third-order valence-corrected chi connectivity index (χ3v) is 3.39. The maximum absolute atomic E-state index is 11.7. The molecule has 0 heterocycles. The number of ether oxygens (including phenoxy) is 1. The molecule has 0 saturated carbocycles. The fraction of sp³-hybridized carbons (Fsp3) is 0.938. The van der Waals surface area contributed by atoms with Gasteiger partial charge in [-0.3, -0.25) is 4.79 Å². The molecule has 108 valence electrons. The van der Waals surface area contributed by atoms with Crippen LogP contribution in [-0.4, -0.2) is 12.6 Å². The van der Waals surface area contributed by atoms with Gasteiger partial charge in [0.25, 0.3) is 0 Å². The standard InChI is InChI=1S/C16H32O2/c1-4-6-8-10-12-14-18-16(17)15(3)13-11-9-7-5-2/h15H,4-14H2,1-3H3. The van der Waals surface area contributed by atoms with Gasteiger partial charge in [0, 0.05) is 0 Å². The van der Waals surface area contributed by atoms with Crippen molar-refractivity contribution in [2.45, 2.75) is 85.0 Å². The van der Waals surface area contributed by atoms with Gasteiger partial charge in [-0.2, -0.15) is 0 Å². The molecule has 0 aliphatic heterocycles. The first-order chi connectivity index (χ1) is 8.72. The van der Waals surface area contributed by atoms with Crippen LogP contribution in [0.25, 0.3) is 0 Å². The third-order valence-electron chi connectivity index (χ3n) is 3.39. The minimum Gasteiger partial charge on any atom is -0.465 e. The summed E-state index contributed by atoms with van der Waals surface area (Å²) in [5, 5.41) is 0. The number of rotatable bonds is 12. The van der Waals surface area contributed by atoms with Crippen LogP contribution < -0.4 is 0 Å². The average molecular weight is 256 g/mol. The fourth-order valence-electron chi connectivity index (χ4n) is 2.02. The van der Waals surface area contributed by atoms with Gasteiger partial charge in [0.15, 0.2) is 0 Å². The molecule has 2 nitrogen and oxygen atoms in total. The largest absolute Gasteiger partial charge is 0.465 e. The zero-order chi connectivity index (χ0) is 13.6. The van der Waals surface area contributed by atoms with Crippen LogP contribution in [0.5, 0.6) is 0 Å². The van der Waals surface area contributed by atoms with Gasteiger partial charge in [-0.1, -0.05) is 72.1 Å². The molecule has 18 heavy (non-hydrogen) atoms. The summed E-state index contributed by atoms with van der Waals surface area (Å²) >= 11 is 0. The Morgan fingerprint density at radius 1 is 0.889 bits per heavy atom. The SMILES string of the molecule is CCCCCCCOC(=O)C(C)CCCCCC. The molecule has 0 fully saturated rings. The first kappa shape index (κ1) is 17.5. The molecule has 0 spiro atoms. The maximum atomic E-state index is 11.7. The van der Waals surface area contributed by atoms with E-state index in [9.17, 15) is 4.79 Å². The molecule has 0 aliphatic carbocycles. The van der Waals surface area contributed by atoms with Gasteiger partial charge in [0.1, 0.15) is 0 Å². The van der Waals surface area contributed by atoms with Crippen molar-refractivity contribution in [2.24, 2.45) is 5.92 Å². The lowest BCUT2D eigenvalue weighted by Crippen LogP contribution is -2.15. The molecule has 0 amide bonds. The van der Waals surface area contributed by atoms with Crippen molar-refractivity contribution in [3.8, 4) is 0 Å². The van der Waals surface area contributed by atoms with Crippen molar-refractivity contribution in [1.29, 1.82) is 0 Å². The lowest BCUT2D eigenvalue weighted by atomic mass is 10.0. The highest BCUT2D eigenvalue weighted by Gasteiger charge is 2.13. The molecule has 0 rings (SSSR count). The molecule has 0 bridgehead atoms. The molecule has 1 unspecified atom stereocenters. The molecule has 0 aromatic rings. The highest BCUT2D eigenvalue weighted by Crippen LogP contribution is 2.12. The van der Waals surface area contributed by atoms with Crippen LogP contribution in [0, 0.1) is 5.92 Å². The summed E-state index contributed by atoms with van der Waals surface area (Å²) in [7, 11) is 0. The minimum absolute atomic E-state index is 0.00184. The van der Waals surface area contributed by atoms with E-state index in [-0.39, 0.29) is 11.9 Å². The molecular formula is C16H32O2. The molecule has 0 saturated heterocycles. The second kappa shape index (κ2) is 12.9. The van der Waals surface area contributed by atoms with Gasteiger partial charge in [-0.15, -0.1) is 0 Å². The van der Waals surface area contributed by atoms with Crippen LogP contribution in [0.3, 0.4) is 0 Å². The number of esters is 1. The Kier molecular flexibility index (Phi) is 12.5. The Bertz CT molecular complexity index is 190. The average Bonchev–Trinajstić information content (AvgIpc) is 2.38. The van der Waals surface area contributed by atoms with E-state index in [1.165, 1.54) is 44.9 Å². The highest BCUT2D eigenvalue weighted by molar-refractivity contribution is 5.71. The normalized spacial score (nSPS) is 12.4. The van der Waals surface area contributed by atoms with Crippen molar-refractivity contribution in [2.75, 3.05) is 6.61 Å². The smallest absolute Gasteiger partial charge is 0.308 e. The number of unbranched alkanes of at least 4 members (excludes halogenated alkanes) is 7. The van der Waals surface area contributed by atoms with Crippen LogP contribution in [0.4, 0.5) is 0 Å². The van der Waals surface area contributed by atoms with E-state index in [0.717, 1.165) is 19.3 Å². The molecule has 1 atom stereocenters. The van der Waals surface area contributed by atoms with Crippen molar-refractivity contribution in [3.05, 3.63) is 0 Å². The van der Waals surface area contributed by atoms with Gasteiger partial charge >= 0.3 is 5.97 Å². The van der Waals surface area contributed by atoms with E-state index < -0.39 is 0 Å². The summed E-state index contributed by atoms with van der Waals surface area (Å²) in [6.45, 7) is 7.02. The molecular weight excluding hydrogens is 224 g/mol. The molecule has 0 aromatic carbocycles. The number of hydrogen-bond donors (Lipinski definition) is 0. The Morgan fingerprint density at radius 2 is 1.44 bits per heavy atom. The third kappa shape index (κ3) is 10.6. The van der Waals surface area contributed by atoms with Crippen molar-refractivity contribution >= 4 is 5.97 Å². The predicted octanol–water partition coefficient (Wildman–Crippen LogP) is 5.11. The lowest BCUT2D eigenvalue weighted by Gasteiger charge is -2.11. The molecule has 2 heteroatoms. The monoisotopic (exact) mass is 256 g/mol. The number of carbonyl (C=O) groups is 1. The first-order valence-corrected chi connectivity index (χ1v) is 7.89. The Labute approximate surface area is 113 Å². The van der Waals surface area contributed by atoms with E-state index >= 15 is 0 Å². The summed E-state index contributed by atoms with van der Waals surface area (Å²) in [4.78, 5) is 11.7. The maximum Gasteiger partial charge on any atom is 0.308 e. The Morgan fingerprint density at radius 3 is 2.06 bits per heavy atom. The van der Waals surface area contributed by atoms with Gasteiger partial charge < -0.3 is 4.74 Å². The van der Waals surface area contributed by atoms with Crippen LogP contribution in [-0.2, 0) is 9.53 Å². The molecule has 0 radical (unpaired) electrons. The second-order valence-corrected chi connectivity index (χ2v) is 5.33. The zero-order valence-electron chi connectivity index (χ0n) is 12.7. The minimum atomic E-state index is 0.00184. The fourth-order valence-corrected chi connectivity index (χ4v) is 2.02. The van der Waals surface area contributed by atoms with E-state index in [0.29, 0.717) is 6.61 Å². The van der Waals surface area contributed by atoms with E-state index in [1.807, 2.05) is 6.92 Å². The lowest BCUT2D eigenvalue weighted by molar-refractivity contribution is -0.148. The van der Waals surface area contributed by atoms with Crippen LogP contribution in [0.15, 0.2) is 0 Å². The molecule has 0 aromatic heterocycles. The topological polar surface area (TPSA) is 26.3 Å². The van der Waals surface area contributed by atoms with Crippen LogP contribution in [0.1, 0.15) is 85.0 Å². The van der Waals surface area contributed by atoms with Gasteiger partial charge in [0.05, 0.1) is 12.5 Å². The van der Waals surface area contributed by atoms with Gasteiger partial charge in [-0.05, 0) is 12.8 Å². The Balaban J connectivity index is 3.38. The predicted molar refractivity (Wildman–Crippen MR) is 77.6 cm³/mol. The molecule has 0 aliphatic rings. The van der Waals surface area contributed by atoms with Crippen molar-refractivity contribution in [3.63, 3.8) is 0 Å². The van der Waals surface area contributed by atoms with Crippen LogP contribution >= 0.6 is 0 Å². The van der Waals surface area contributed by atoms with E-state index in [4.69, 9.17) is 4.74 Å². The van der Waals surface area contributed by atoms with Gasteiger partial charge in [0.2, 0.25) is 0 Å². The number of carbonyl (C=O) groups excluding carboxylic acids is 1. The summed E-state index contributed by atoms with van der Waals surface area (Å²) in [6.07, 6.45) is 11.9. The van der Waals surface area contributed by atoms with E-state index in [2.05, 4.69) is 13.8 Å². The highest BCUT2D eigenvalue weighted by atomic mass is 16.5. The summed E-state index contributed by atoms with van der Waals surface area (Å²) in [5.41, 5.74) is 0. The van der Waals surface area contributed by atoms with Gasteiger partial charge in [-0.25, -0.2) is 0 Å². The summed E-state index contributed by atoms with van der Waals surface area (Å²) in [6, 6.07) is 0.